The Morgan fingerprint density at radius 2 is 1.73 bits per heavy atom. The number of hydrogen-bond donors (Lipinski definition) is 1. The van der Waals surface area contributed by atoms with Crippen LogP contribution in [0, 0.1) is 11.7 Å². The molecule has 2 aliphatic rings. The van der Waals surface area contributed by atoms with Gasteiger partial charge in [0.1, 0.15) is 5.82 Å². The number of nitrogens with zero attached hydrogens (tertiary/aromatic N) is 1. The molecule has 5 heteroatoms. The van der Waals surface area contributed by atoms with Gasteiger partial charge in [0, 0.05) is 25.0 Å². The van der Waals surface area contributed by atoms with Gasteiger partial charge in [-0.15, -0.1) is 0 Å². The highest BCUT2D eigenvalue weighted by atomic mass is 19.1. The zero-order valence-electron chi connectivity index (χ0n) is 12.6. The zero-order chi connectivity index (χ0) is 15.5. The first-order valence-corrected chi connectivity index (χ1v) is 7.94. The van der Waals surface area contributed by atoms with Crippen molar-refractivity contribution < 1.29 is 14.0 Å². The van der Waals surface area contributed by atoms with E-state index in [1.54, 1.807) is 12.1 Å². The molecule has 0 unspecified atom stereocenters. The molecule has 1 aromatic rings. The van der Waals surface area contributed by atoms with Crippen molar-refractivity contribution in [3.63, 3.8) is 0 Å². The standard InChI is InChI=1S/C17H21FN2O2/c18-14-5-1-12(2-6-14)11-16(21)19-15-7-9-20(10-8-15)17(22)13-3-4-13/h1-2,5-6,13,15H,3-4,7-11H2,(H,19,21). The molecule has 1 aliphatic heterocycles. The molecule has 1 heterocycles. The van der Waals surface area contributed by atoms with Crippen LogP contribution in [-0.2, 0) is 16.0 Å². The molecule has 0 aromatic heterocycles. The van der Waals surface area contributed by atoms with Gasteiger partial charge in [-0.1, -0.05) is 12.1 Å². The molecule has 118 valence electrons. The lowest BCUT2D eigenvalue weighted by Crippen LogP contribution is -2.47. The van der Waals surface area contributed by atoms with Crippen LogP contribution in [0.15, 0.2) is 24.3 Å². The highest BCUT2D eigenvalue weighted by Gasteiger charge is 2.35. The fourth-order valence-corrected chi connectivity index (χ4v) is 2.90. The van der Waals surface area contributed by atoms with E-state index in [0.29, 0.717) is 0 Å². The van der Waals surface area contributed by atoms with E-state index in [1.165, 1.54) is 12.1 Å². The van der Waals surface area contributed by atoms with Crippen molar-refractivity contribution in [2.75, 3.05) is 13.1 Å². The Balaban J connectivity index is 1.43. The number of benzene rings is 1. The molecular formula is C17H21FN2O2. The monoisotopic (exact) mass is 304 g/mol. The second-order valence-electron chi connectivity index (χ2n) is 6.24. The van der Waals surface area contributed by atoms with Gasteiger partial charge in [0.15, 0.2) is 0 Å². The molecule has 0 radical (unpaired) electrons. The minimum atomic E-state index is -0.295. The highest BCUT2D eigenvalue weighted by molar-refractivity contribution is 5.81. The third-order valence-corrected chi connectivity index (χ3v) is 4.38. The van der Waals surface area contributed by atoms with Crippen molar-refractivity contribution in [3.8, 4) is 0 Å². The second kappa shape index (κ2) is 6.46. The Hall–Kier alpha value is -1.91. The smallest absolute Gasteiger partial charge is 0.225 e. The molecule has 0 spiro atoms. The van der Waals surface area contributed by atoms with Crippen molar-refractivity contribution in [3.05, 3.63) is 35.6 Å². The number of halogens is 1. The molecule has 3 rings (SSSR count). The fourth-order valence-electron chi connectivity index (χ4n) is 2.90. The summed E-state index contributed by atoms with van der Waals surface area (Å²) in [5, 5.41) is 3.02. The normalized spacial score (nSPS) is 19.0. The molecule has 0 atom stereocenters. The van der Waals surface area contributed by atoms with Crippen LogP contribution >= 0.6 is 0 Å². The number of carbonyl (C=O) groups excluding carboxylic acids is 2. The third-order valence-electron chi connectivity index (χ3n) is 4.38. The number of carbonyl (C=O) groups is 2. The average molecular weight is 304 g/mol. The first-order chi connectivity index (χ1) is 10.6. The first-order valence-electron chi connectivity index (χ1n) is 7.94. The molecule has 1 saturated carbocycles. The molecule has 2 amide bonds. The van der Waals surface area contributed by atoms with Crippen LogP contribution in [0.3, 0.4) is 0 Å². The van der Waals surface area contributed by atoms with Crippen molar-refractivity contribution in [2.24, 2.45) is 5.92 Å². The zero-order valence-corrected chi connectivity index (χ0v) is 12.6. The molecule has 1 aliphatic carbocycles. The van der Waals surface area contributed by atoms with Gasteiger partial charge in [-0.25, -0.2) is 4.39 Å². The van der Waals surface area contributed by atoms with Crippen LogP contribution in [0.2, 0.25) is 0 Å². The van der Waals surface area contributed by atoms with Crippen molar-refractivity contribution in [2.45, 2.75) is 38.1 Å². The minimum Gasteiger partial charge on any atom is -0.353 e. The maximum absolute atomic E-state index is 12.8. The molecule has 0 bridgehead atoms. The number of rotatable bonds is 4. The highest BCUT2D eigenvalue weighted by Crippen LogP contribution is 2.31. The molecule has 22 heavy (non-hydrogen) atoms. The Morgan fingerprint density at radius 1 is 1.09 bits per heavy atom. The first kappa shape index (κ1) is 15.0. The van der Waals surface area contributed by atoms with Crippen LogP contribution in [0.5, 0.6) is 0 Å². The SMILES string of the molecule is O=C(Cc1ccc(F)cc1)NC1CCN(C(=O)C2CC2)CC1. The number of nitrogens with one attached hydrogen (secondary N) is 1. The molecule has 1 aromatic carbocycles. The van der Waals surface area contributed by atoms with Gasteiger partial charge in [0.2, 0.25) is 11.8 Å². The largest absolute Gasteiger partial charge is 0.353 e. The number of likely N-dealkylation sites (tertiary alicyclic amines) is 1. The maximum Gasteiger partial charge on any atom is 0.225 e. The summed E-state index contributed by atoms with van der Waals surface area (Å²) in [7, 11) is 0. The van der Waals surface area contributed by atoms with Crippen molar-refractivity contribution in [1.82, 2.24) is 10.2 Å². The molecule has 1 saturated heterocycles. The molecular weight excluding hydrogens is 283 g/mol. The topological polar surface area (TPSA) is 49.4 Å². The van der Waals surface area contributed by atoms with Crippen molar-refractivity contribution >= 4 is 11.8 Å². The molecule has 1 N–H and O–H groups in total. The predicted molar refractivity (Wildman–Crippen MR) is 80.6 cm³/mol. The van der Waals surface area contributed by atoms with E-state index in [9.17, 15) is 14.0 Å². The van der Waals surface area contributed by atoms with E-state index in [2.05, 4.69) is 5.32 Å². The van der Waals surface area contributed by atoms with Gasteiger partial charge in [-0.2, -0.15) is 0 Å². The van der Waals surface area contributed by atoms with Crippen molar-refractivity contribution in [1.29, 1.82) is 0 Å². The summed E-state index contributed by atoms with van der Waals surface area (Å²) in [6.07, 6.45) is 3.96. The summed E-state index contributed by atoms with van der Waals surface area (Å²) in [5.41, 5.74) is 0.806. The van der Waals surface area contributed by atoms with Gasteiger partial charge in [-0.3, -0.25) is 9.59 Å². The van der Waals surface area contributed by atoms with Gasteiger partial charge < -0.3 is 10.2 Å². The van der Waals surface area contributed by atoms with Crippen LogP contribution in [0.4, 0.5) is 4.39 Å². The van der Waals surface area contributed by atoms with E-state index in [-0.39, 0.29) is 36.0 Å². The number of piperidine rings is 1. The summed E-state index contributed by atoms with van der Waals surface area (Å²) in [5.74, 6) is 0.219. The van der Waals surface area contributed by atoms with E-state index in [0.717, 1.165) is 44.3 Å². The second-order valence-corrected chi connectivity index (χ2v) is 6.24. The number of hydrogen-bond acceptors (Lipinski definition) is 2. The fraction of sp³-hybridized carbons (Fsp3) is 0.529. The summed E-state index contributed by atoms with van der Waals surface area (Å²) < 4.78 is 12.8. The lowest BCUT2D eigenvalue weighted by Gasteiger charge is -2.32. The summed E-state index contributed by atoms with van der Waals surface area (Å²) in [4.78, 5) is 25.9. The Kier molecular flexibility index (Phi) is 4.41. The van der Waals surface area contributed by atoms with E-state index in [1.807, 2.05) is 4.90 Å². The van der Waals surface area contributed by atoms with Crippen LogP contribution in [0.1, 0.15) is 31.2 Å². The van der Waals surface area contributed by atoms with E-state index >= 15 is 0 Å². The number of amides is 2. The average Bonchev–Trinajstić information content (AvgIpc) is 3.34. The Bertz CT molecular complexity index is 546. The Morgan fingerprint density at radius 3 is 2.32 bits per heavy atom. The van der Waals surface area contributed by atoms with Gasteiger partial charge in [0.25, 0.3) is 0 Å². The van der Waals surface area contributed by atoms with E-state index < -0.39 is 0 Å². The predicted octanol–water partition coefficient (Wildman–Crippen LogP) is 1.89. The van der Waals surface area contributed by atoms with Gasteiger partial charge >= 0.3 is 0 Å². The quantitative estimate of drug-likeness (QED) is 0.923. The summed E-state index contributed by atoms with van der Waals surface area (Å²) >= 11 is 0. The van der Waals surface area contributed by atoms with Crippen LogP contribution < -0.4 is 5.32 Å². The maximum atomic E-state index is 12.8. The minimum absolute atomic E-state index is 0.0430. The van der Waals surface area contributed by atoms with Crippen LogP contribution in [0.25, 0.3) is 0 Å². The third kappa shape index (κ3) is 3.84. The lowest BCUT2D eigenvalue weighted by molar-refractivity contribution is -0.133. The van der Waals surface area contributed by atoms with Gasteiger partial charge in [0.05, 0.1) is 6.42 Å². The van der Waals surface area contributed by atoms with E-state index in [4.69, 9.17) is 0 Å². The Labute approximate surface area is 129 Å². The molecule has 2 fully saturated rings. The summed E-state index contributed by atoms with van der Waals surface area (Å²) in [6.45, 7) is 1.47. The summed E-state index contributed by atoms with van der Waals surface area (Å²) in [6, 6.07) is 6.13. The molecule has 4 nitrogen and oxygen atoms in total. The van der Waals surface area contributed by atoms with Crippen LogP contribution in [-0.4, -0.2) is 35.8 Å². The lowest BCUT2D eigenvalue weighted by atomic mass is 10.0. The van der Waals surface area contributed by atoms with Gasteiger partial charge in [-0.05, 0) is 43.4 Å².